The number of aliphatic imine (C=N–C) groups is 1. The van der Waals surface area contributed by atoms with Crippen molar-refractivity contribution >= 4 is 34.3 Å². The van der Waals surface area contributed by atoms with Crippen LogP contribution in [0.25, 0.3) is 28.1 Å². The zero-order valence-electron chi connectivity index (χ0n) is 17.5. The molecule has 0 saturated heterocycles. The maximum atomic E-state index is 13.3. The Morgan fingerprint density at radius 2 is 1.71 bits per heavy atom. The molecule has 0 amide bonds. The third kappa shape index (κ3) is 2.99. The van der Waals surface area contributed by atoms with Gasteiger partial charge >= 0.3 is 0 Å². The van der Waals surface area contributed by atoms with E-state index in [1.807, 2.05) is 73.8 Å². The topological polar surface area (TPSA) is 54.6 Å². The number of benzene rings is 3. The number of hydrogen-bond donors (Lipinski definition) is 1. The summed E-state index contributed by atoms with van der Waals surface area (Å²) >= 11 is 0. The minimum Gasteiger partial charge on any atom is -0.494 e. The van der Waals surface area contributed by atoms with Crippen molar-refractivity contribution in [3.8, 4) is 11.6 Å². The number of rotatable bonds is 3. The summed E-state index contributed by atoms with van der Waals surface area (Å²) in [6.45, 7) is 4.05. The number of aryl methyl sites for hydroxylation is 2. The van der Waals surface area contributed by atoms with Gasteiger partial charge in [-0.25, -0.2) is 4.57 Å². The van der Waals surface area contributed by atoms with E-state index in [2.05, 4.69) is 18.0 Å². The number of aromatic hydroxyl groups is 1. The summed E-state index contributed by atoms with van der Waals surface area (Å²) in [5.74, 6) is -0.0704. The Morgan fingerprint density at radius 1 is 0.968 bits per heavy atom. The lowest BCUT2D eigenvalue weighted by molar-refractivity contribution is 0.435. The van der Waals surface area contributed by atoms with Crippen molar-refractivity contribution in [3.63, 3.8) is 0 Å². The van der Waals surface area contributed by atoms with Gasteiger partial charge in [-0.2, -0.15) is 0 Å². The van der Waals surface area contributed by atoms with Crippen LogP contribution in [0.5, 0.6) is 5.88 Å². The molecule has 31 heavy (non-hydrogen) atoms. The third-order valence-corrected chi connectivity index (χ3v) is 5.90. The van der Waals surface area contributed by atoms with E-state index in [0.717, 1.165) is 34.2 Å². The van der Waals surface area contributed by atoms with Crippen LogP contribution in [-0.2, 0) is 6.42 Å². The quantitative estimate of drug-likeness (QED) is 0.466. The fourth-order valence-electron chi connectivity index (χ4n) is 4.28. The molecule has 4 heteroatoms. The largest absolute Gasteiger partial charge is 0.494 e. The van der Waals surface area contributed by atoms with Crippen LogP contribution in [0.1, 0.15) is 29.2 Å². The van der Waals surface area contributed by atoms with Crippen LogP contribution in [0.4, 0.5) is 5.69 Å². The zero-order valence-corrected chi connectivity index (χ0v) is 17.5. The monoisotopic (exact) mass is 406 g/mol. The van der Waals surface area contributed by atoms with Crippen LogP contribution in [0, 0.1) is 6.92 Å². The lowest BCUT2D eigenvalue weighted by Gasteiger charge is -2.16. The molecule has 0 radical (unpaired) electrons. The van der Waals surface area contributed by atoms with Crippen molar-refractivity contribution in [3.05, 3.63) is 99.3 Å². The molecule has 4 nitrogen and oxygen atoms in total. The standard InChI is InChI=1S/C27H22N2O2/c1-3-18-10-8-13-20-19(16-28-25(18)20)15-23-21-11-5-6-12-22(21)26(30)29(27(23)31)24-14-7-4-9-17(24)2/h4-16,31H,3H2,1-2H3/b19-15+. The number of allylic oxidation sites excluding steroid dienone is 1. The van der Waals surface area contributed by atoms with Crippen LogP contribution in [-0.4, -0.2) is 15.9 Å². The normalized spacial score (nSPS) is 13.8. The van der Waals surface area contributed by atoms with Gasteiger partial charge in [0.1, 0.15) is 0 Å². The van der Waals surface area contributed by atoms with Crippen LogP contribution >= 0.6 is 0 Å². The average Bonchev–Trinajstić information content (AvgIpc) is 3.21. The molecule has 1 aromatic heterocycles. The Hall–Kier alpha value is -3.92. The summed E-state index contributed by atoms with van der Waals surface area (Å²) in [5.41, 5.74) is 6.08. The molecule has 152 valence electrons. The second-order valence-corrected chi connectivity index (χ2v) is 7.73. The smallest absolute Gasteiger partial charge is 0.265 e. The van der Waals surface area contributed by atoms with Gasteiger partial charge in [0.05, 0.1) is 11.4 Å². The van der Waals surface area contributed by atoms with Gasteiger partial charge in [-0.1, -0.05) is 61.5 Å². The molecule has 1 aliphatic heterocycles. The predicted octanol–water partition coefficient (Wildman–Crippen LogP) is 5.82. The second-order valence-electron chi connectivity index (χ2n) is 7.73. The van der Waals surface area contributed by atoms with Gasteiger partial charge in [0, 0.05) is 28.3 Å². The van der Waals surface area contributed by atoms with Crippen molar-refractivity contribution in [2.45, 2.75) is 20.3 Å². The van der Waals surface area contributed by atoms with E-state index in [9.17, 15) is 9.90 Å². The fourth-order valence-corrected chi connectivity index (χ4v) is 4.28. The first-order valence-corrected chi connectivity index (χ1v) is 10.4. The van der Waals surface area contributed by atoms with E-state index in [1.54, 1.807) is 6.07 Å². The molecular weight excluding hydrogens is 384 g/mol. The van der Waals surface area contributed by atoms with E-state index in [4.69, 9.17) is 0 Å². The number of nitrogens with zero attached hydrogens (tertiary/aromatic N) is 2. The Kier molecular flexibility index (Phi) is 4.55. The van der Waals surface area contributed by atoms with Crippen LogP contribution in [0.2, 0.25) is 0 Å². The molecule has 0 aliphatic carbocycles. The lowest BCUT2D eigenvalue weighted by atomic mass is 9.98. The van der Waals surface area contributed by atoms with Gasteiger partial charge in [0.15, 0.2) is 0 Å². The minimum atomic E-state index is -0.238. The molecule has 0 spiro atoms. The average molecular weight is 406 g/mol. The first kappa shape index (κ1) is 19.1. The summed E-state index contributed by atoms with van der Waals surface area (Å²) in [7, 11) is 0. The van der Waals surface area contributed by atoms with Crippen LogP contribution in [0.15, 0.2) is 76.5 Å². The highest BCUT2D eigenvalue weighted by atomic mass is 16.3. The van der Waals surface area contributed by atoms with Gasteiger partial charge in [-0.3, -0.25) is 9.79 Å². The van der Waals surface area contributed by atoms with Gasteiger partial charge < -0.3 is 5.11 Å². The molecule has 0 saturated carbocycles. The fraction of sp³-hybridized carbons (Fsp3) is 0.111. The highest BCUT2D eigenvalue weighted by molar-refractivity contribution is 6.22. The maximum absolute atomic E-state index is 13.3. The van der Waals surface area contributed by atoms with Gasteiger partial charge in [0.25, 0.3) is 5.56 Å². The molecule has 3 aromatic carbocycles. The van der Waals surface area contributed by atoms with Crippen molar-refractivity contribution in [1.82, 2.24) is 4.57 Å². The van der Waals surface area contributed by atoms with Crippen molar-refractivity contribution < 1.29 is 5.11 Å². The van der Waals surface area contributed by atoms with Gasteiger partial charge in [-0.05, 0) is 48.1 Å². The second kappa shape index (κ2) is 7.40. The molecule has 0 unspecified atom stereocenters. The minimum absolute atomic E-state index is 0.0704. The van der Waals surface area contributed by atoms with E-state index in [-0.39, 0.29) is 11.4 Å². The van der Waals surface area contributed by atoms with E-state index >= 15 is 0 Å². The Balaban J connectivity index is 1.83. The number of para-hydroxylation sites is 2. The Bertz CT molecular complexity index is 1460. The highest BCUT2D eigenvalue weighted by Crippen LogP contribution is 2.38. The van der Waals surface area contributed by atoms with Crippen molar-refractivity contribution in [1.29, 1.82) is 0 Å². The van der Waals surface area contributed by atoms with Crippen LogP contribution < -0.4 is 5.56 Å². The highest BCUT2D eigenvalue weighted by Gasteiger charge is 2.20. The molecule has 0 fully saturated rings. The molecule has 1 aliphatic rings. The van der Waals surface area contributed by atoms with Crippen LogP contribution in [0.3, 0.4) is 0 Å². The number of hydrogen-bond acceptors (Lipinski definition) is 3. The molecule has 0 bridgehead atoms. The zero-order chi connectivity index (χ0) is 21.5. The van der Waals surface area contributed by atoms with Gasteiger partial charge in [-0.15, -0.1) is 0 Å². The molecule has 2 heterocycles. The van der Waals surface area contributed by atoms with E-state index in [0.29, 0.717) is 16.6 Å². The molecule has 5 rings (SSSR count). The number of pyridine rings is 1. The Morgan fingerprint density at radius 3 is 2.48 bits per heavy atom. The lowest BCUT2D eigenvalue weighted by Crippen LogP contribution is -2.20. The summed E-state index contributed by atoms with van der Waals surface area (Å²) in [5, 5.41) is 12.6. The number of fused-ring (bicyclic) bond motifs is 2. The molecular formula is C27H22N2O2. The summed E-state index contributed by atoms with van der Waals surface area (Å²) in [4.78, 5) is 18.0. The van der Waals surface area contributed by atoms with Crippen molar-refractivity contribution in [2.75, 3.05) is 0 Å². The number of aromatic nitrogens is 1. The van der Waals surface area contributed by atoms with E-state index < -0.39 is 0 Å². The van der Waals surface area contributed by atoms with E-state index in [1.165, 1.54) is 10.1 Å². The molecule has 1 N–H and O–H groups in total. The summed E-state index contributed by atoms with van der Waals surface area (Å²) in [6, 6.07) is 21.1. The van der Waals surface area contributed by atoms with Crippen molar-refractivity contribution in [2.24, 2.45) is 4.99 Å². The first-order chi connectivity index (χ1) is 15.1. The predicted molar refractivity (Wildman–Crippen MR) is 128 cm³/mol. The third-order valence-electron chi connectivity index (χ3n) is 5.90. The van der Waals surface area contributed by atoms with Gasteiger partial charge in [0.2, 0.25) is 5.88 Å². The first-order valence-electron chi connectivity index (χ1n) is 10.4. The maximum Gasteiger partial charge on any atom is 0.265 e. The molecule has 0 atom stereocenters. The summed E-state index contributed by atoms with van der Waals surface area (Å²) < 4.78 is 1.40. The summed E-state index contributed by atoms with van der Waals surface area (Å²) in [6.07, 6.45) is 4.67. The molecule has 4 aromatic rings. The SMILES string of the molecule is CCc1cccc2c1N=C/C2=C\c1c(O)n(-c2ccccc2C)c(=O)c2ccccc12. The Labute approximate surface area is 180 Å².